The van der Waals surface area contributed by atoms with Crippen LogP contribution < -0.4 is 21.3 Å². The molecule has 0 radical (unpaired) electrons. The smallest absolute Gasteiger partial charge is 0.407 e. The molecule has 642 valence electrons. The maximum atomic E-state index is 14.1. The third-order valence-electron chi connectivity index (χ3n) is 20.9. The van der Waals surface area contributed by atoms with Crippen LogP contribution in [0.4, 0.5) is 4.79 Å². The number of ketones is 2. The average molecular weight is 1590 g/mol. The highest BCUT2D eigenvalue weighted by Crippen LogP contribution is 2.32. The zero-order valence-corrected chi connectivity index (χ0v) is 66.3. The van der Waals surface area contributed by atoms with Crippen molar-refractivity contribution in [3.63, 3.8) is 0 Å². The van der Waals surface area contributed by atoms with Crippen LogP contribution in [0.25, 0.3) is 0 Å². The van der Waals surface area contributed by atoms with Crippen LogP contribution in [-0.2, 0) is 90.5 Å². The molecule has 0 aromatic heterocycles. The number of methoxy groups -OCH3 is 2. The first kappa shape index (κ1) is 98.1. The number of rotatable bonds is 60. The average Bonchev–Trinajstić information content (AvgIpc) is 1.39. The van der Waals surface area contributed by atoms with Crippen LogP contribution in [0.2, 0.25) is 0 Å². The van der Waals surface area contributed by atoms with Gasteiger partial charge in [-0.1, -0.05) is 40.0 Å². The standard InChI is InChI=1S/C77H135N5O29/c1-51-67(94)70(97)58(47-83)109-73(51)105-39-17-25-55(86)23-9-6-16-38-80-76(100)108-44-22-35-77(81-63(90)32-31-56(87)24-12-13-28-64(91)82-46-57(102-5)45-54(82)50-101-4,33-20-42-103-65(92)29-10-7-14-36-78-61(88)26-18-40-106-74-52(2)68(95)71(98)59(48-84)110-74)34-21-43-104-66(93)30-11-8-15-37-79-62(89)27-19-41-107-75-53(3)69(96)72(99)60(49-85)111-75/h51-54,57-60,67-75,83-85,94-99H,6-50H2,1-5H3,(H,78,88)(H,79,89)(H,80,100)(H,81,90)/t51?,52?,53?,54-,57+,58?,59?,60?,67?,68?,69?,70?,71?,72?,73?,74?,75?,77?/m1/s1. The van der Waals surface area contributed by atoms with Gasteiger partial charge in [0.1, 0.15) is 48.2 Å². The highest BCUT2D eigenvalue weighted by molar-refractivity contribution is 5.85. The lowest BCUT2D eigenvalue weighted by Gasteiger charge is -2.40. The molecular formula is C77H135N5O29. The van der Waals surface area contributed by atoms with Gasteiger partial charge in [-0.3, -0.25) is 38.4 Å². The van der Waals surface area contributed by atoms with Gasteiger partial charge in [-0.15, -0.1) is 0 Å². The number of hydrogen-bond donors (Lipinski definition) is 13. The van der Waals surface area contributed by atoms with Crippen LogP contribution in [0, 0.1) is 17.8 Å². The van der Waals surface area contributed by atoms with Gasteiger partial charge in [0.25, 0.3) is 0 Å². The molecule has 34 nitrogen and oxygen atoms in total. The summed E-state index contributed by atoms with van der Waals surface area (Å²) in [4.78, 5) is 119. The Labute approximate surface area is 653 Å². The van der Waals surface area contributed by atoms with Gasteiger partial charge in [-0.05, 0) is 116 Å². The molecule has 15 unspecified atom stereocenters. The molecule has 5 amide bonds. The van der Waals surface area contributed by atoms with Gasteiger partial charge in [0, 0.05) is 128 Å². The van der Waals surface area contributed by atoms with Crippen molar-refractivity contribution in [1.82, 2.24) is 26.2 Å². The van der Waals surface area contributed by atoms with Crippen molar-refractivity contribution in [3.05, 3.63) is 0 Å². The van der Waals surface area contributed by atoms with Crippen molar-refractivity contribution in [2.45, 2.75) is 311 Å². The topological polar surface area (TPSA) is 489 Å². The Morgan fingerprint density at radius 2 is 0.802 bits per heavy atom. The molecule has 34 heteroatoms. The number of carbonyl (C=O) groups is 9. The predicted molar refractivity (Wildman–Crippen MR) is 398 cm³/mol. The number of aliphatic hydroxyl groups excluding tert-OH is 9. The van der Waals surface area contributed by atoms with Crippen LogP contribution in [0.5, 0.6) is 0 Å². The number of carbonyl (C=O) groups excluding carboxylic acids is 9. The lowest BCUT2D eigenvalue weighted by molar-refractivity contribution is -0.282. The van der Waals surface area contributed by atoms with Crippen LogP contribution in [-0.4, -0.2) is 302 Å². The maximum absolute atomic E-state index is 14.1. The van der Waals surface area contributed by atoms with E-state index in [1.807, 2.05) is 0 Å². The first-order chi connectivity index (χ1) is 53.3. The fourth-order valence-corrected chi connectivity index (χ4v) is 14.0. The van der Waals surface area contributed by atoms with Crippen LogP contribution >= 0.6 is 0 Å². The minimum atomic E-state index is -1.25. The molecule has 4 saturated heterocycles. The van der Waals surface area contributed by atoms with E-state index in [0.717, 1.165) is 0 Å². The van der Waals surface area contributed by atoms with Gasteiger partial charge >= 0.3 is 18.0 Å². The molecule has 4 aliphatic rings. The van der Waals surface area contributed by atoms with Gasteiger partial charge in [-0.2, -0.15) is 0 Å². The fourth-order valence-electron chi connectivity index (χ4n) is 14.0. The number of Topliss-reactive ketones (excluding diaryl/α,β-unsaturated/α-hetero) is 2. The molecule has 4 heterocycles. The summed E-state index contributed by atoms with van der Waals surface area (Å²) in [5.74, 6) is -3.53. The number of alkyl carbamates (subject to hydrolysis) is 1. The van der Waals surface area contributed by atoms with Gasteiger partial charge in [0.2, 0.25) is 23.6 Å². The van der Waals surface area contributed by atoms with Crippen molar-refractivity contribution < 1.29 is 141 Å². The van der Waals surface area contributed by atoms with E-state index in [9.17, 15) is 89.1 Å². The summed E-state index contributed by atoms with van der Waals surface area (Å²) in [7, 11) is 3.19. The van der Waals surface area contributed by atoms with E-state index in [2.05, 4.69) is 21.3 Å². The molecule has 17 atom stereocenters. The van der Waals surface area contributed by atoms with Crippen LogP contribution in [0.15, 0.2) is 0 Å². The molecular weight excluding hydrogens is 1460 g/mol. The second-order valence-electron chi connectivity index (χ2n) is 29.9. The van der Waals surface area contributed by atoms with Gasteiger partial charge in [0.05, 0.1) is 96.5 Å². The minimum absolute atomic E-state index is 0.00867. The third-order valence-corrected chi connectivity index (χ3v) is 20.9. The lowest BCUT2D eigenvalue weighted by atomic mass is 9.83. The van der Waals surface area contributed by atoms with Crippen molar-refractivity contribution in [1.29, 1.82) is 0 Å². The zero-order valence-electron chi connectivity index (χ0n) is 66.3. The van der Waals surface area contributed by atoms with Gasteiger partial charge in [0.15, 0.2) is 18.9 Å². The fraction of sp³-hybridized carbons (Fsp3) is 0.883. The van der Waals surface area contributed by atoms with Gasteiger partial charge in [-0.25, -0.2) is 4.79 Å². The molecule has 0 bridgehead atoms. The first-order valence-electron chi connectivity index (χ1n) is 40.4. The van der Waals surface area contributed by atoms with Crippen LogP contribution in [0.1, 0.15) is 220 Å². The van der Waals surface area contributed by atoms with Crippen molar-refractivity contribution in [2.24, 2.45) is 17.8 Å². The second-order valence-corrected chi connectivity index (χ2v) is 29.9. The molecule has 0 spiro atoms. The van der Waals surface area contributed by atoms with E-state index in [0.29, 0.717) is 129 Å². The summed E-state index contributed by atoms with van der Waals surface area (Å²) in [6, 6.07) is -0.0996. The Morgan fingerprint density at radius 1 is 0.414 bits per heavy atom. The summed E-state index contributed by atoms with van der Waals surface area (Å²) in [5, 5.41) is 101. The molecule has 4 rings (SSSR count). The quantitative estimate of drug-likeness (QED) is 0.0236. The SMILES string of the molecule is COC[C@H]1C[C@H](OC)CN1C(=O)CCCCC(=O)CCC(=O)NC(CCCOC(=O)CCCCCNC(=O)CCCOC1OC(CO)C(O)C(O)C1C)(CCCOC(=O)CCCCCNC(=O)CCCOC1OC(CO)C(O)C(O)C1C)CCCOC(=O)NCCCCCC(=O)CCCOC1OC(CO)C(O)C(O)C1C. The molecule has 0 aromatic carbocycles. The number of hydrogen-bond acceptors (Lipinski definition) is 29. The summed E-state index contributed by atoms with van der Waals surface area (Å²) >= 11 is 0. The monoisotopic (exact) mass is 1590 g/mol. The molecule has 0 aromatic rings. The summed E-state index contributed by atoms with van der Waals surface area (Å²) < 4.78 is 61.6. The number of esters is 2. The van der Waals surface area contributed by atoms with Crippen molar-refractivity contribution >= 4 is 53.2 Å². The third kappa shape index (κ3) is 37.9. The van der Waals surface area contributed by atoms with E-state index in [-0.39, 0.29) is 184 Å². The van der Waals surface area contributed by atoms with Crippen molar-refractivity contribution in [2.75, 3.05) is 106 Å². The van der Waals surface area contributed by atoms with E-state index in [4.69, 9.17) is 52.1 Å². The Balaban J connectivity index is 1.29. The lowest BCUT2D eigenvalue weighted by Crippen LogP contribution is -2.55. The Hall–Kier alpha value is -5.25. The molecule has 0 saturated carbocycles. The maximum Gasteiger partial charge on any atom is 0.407 e. The number of aliphatic hydroxyl groups is 9. The number of nitrogens with zero attached hydrogens (tertiary/aromatic N) is 1. The summed E-state index contributed by atoms with van der Waals surface area (Å²) in [6.45, 7) is 5.79. The number of amides is 5. The number of unbranched alkanes of at least 4 members (excludes halogenated alkanes) is 7. The number of nitrogens with one attached hydrogen (secondary N) is 4. The molecule has 0 aliphatic carbocycles. The minimum Gasteiger partial charge on any atom is -0.466 e. The molecule has 4 fully saturated rings. The Kier molecular flexibility index (Phi) is 49.6. The van der Waals surface area contributed by atoms with Crippen molar-refractivity contribution in [3.8, 4) is 0 Å². The zero-order chi connectivity index (χ0) is 81.5. The Bertz CT molecular complexity index is 2450. The summed E-state index contributed by atoms with van der Waals surface area (Å²) in [5.41, 5.74) is -1.03. The van der Waals surface area contributed by atoms with E-state index >= 15 is 0 Å². The molecule has 13 N–H and O–H groups in total. The largest absolute Gasteiger partial charge is 0.466 e. The van der Waals surface area contributed by atoms with E-state index in [1.165, 1.54) is 0 Å². The second kappa shape index (κ2) is 56.1. The number of likely N-dealkylation sites (tertiary alicyclic amines) is 1. The molecule has 111 heavy (non-hydrogen) atoms. The molecule has 4 aliphatic heterocycles. The van der Waals surface area contributed by atoms with E-state index < -0.39 is 141 Å². The first-order valence-corrected chi connectivity index (χ1v) is 40.4. The van der Waals surface area contributed by atoms with Crippen LogP contribution in [0.3, 0.4) is 0 Å². The normalized spacial score (nSPS) is 26.5. The highest BCUT2D eigenvalue weighted by atomic mass is 16.7. The number of ether oxygens (including phenoxy) is 11. The summed E-state index contributed by atoms with van der Waals surface area (Å²) in [6.07, 6.45) is -2.58. The van der Waals surface area contributed by atoms with Gasteiger partial charge < -0.3 is 124 Å². The van der Waals surface area contributed by atoms with E-state index in [1.54, 1.807) is 39.9 Å². The predicted octanol–water partition coefficient (Wildman–Crippen LogP) is 2.26. The Morgan fingerprint density at radius 3 is 1.23 bits per heavy atom. The highest BCUT2D eigenvalue weighted by Gasteiger charge is 2.45.